The normalized spacial score (nSPS) is 10.8. The van der Waals surface area contributed by atoms with Crippen molar-refractivity contribution in [1.82, 2.24) is 0 Å². The van der Waals surface area contributed by atoms with Gasteiger partial charge in [0.05, 0.1) is 12.8 Å². The third kappa shape index (κ3) is 1.90. The van der Waals surface area contributed by atoms with E-state index in [1.807, 2.05) is 36.4 Å². The minimum atomic E-state index is 0.537. The van der Waals surface area contributed by atoms with Crippen LogP contribution in [0.2, 0.25) is 0 Å². The van der Waals surface area contributed by atoms with E-state index in [4.69, 9.17) is 10.3 Å². The Balaban J connectivity index is 2.40. The number of azide groups is 1. The number of methoxy groups -OCH3 is 1. The molecule has 0 aromatic heterocycles. The van der Waals surface area contributed by atoms with Gasteiger partial charge in [0.25, 0.3) is 0 Å². The number of hydrogen-bond acceptors (Lipinski definition) is 2. The molecule has 0 aliphatic rings. The van der Waals surface area contributed by atoms with Gasteiger partial charge in [-0.2, -0.15) is 0 Å². The Kier molecular flexibility index (Phi) is 3.04. The van der Waals surface area contributed by atoms with Gasteiger partial charge in [0, 0.05) is 10.3 Å². The van der Waals surface area contributed by atoms with Crippen LogP contribution in [-0.4, -0.2) is 7.11 Å². The van der Waals surface area contributed by atoms with Crippen LogP contribution in [0.4, 0.5) is 5.69 Å². The van der Waals surface area contributed by atoms with Crippen molar-refractivity contribution in [3.63, 3.8) is 0 Å². The van der Waals surface area contributed by atoms with Crippen molar-refractivity contribution >= 4 is 38.0 Å². The quantitative estimate of drug-likeness (QED) is 0.191. The van der Waals surface area contributed by atoms with Gasteiger partial charge in [0.2, 0.25) is 0 Å². The molecule has 4 aromatic rings. The lowest BCUT2D eigenvalue weighted by atomic mass is 9.93. The molecule has 0 aliphatic carbocycles. The summed E-state index contributed by atoms with van der Waals surface area (Å²) in [6.07, 6.45) is 0. The molecular formula is C19H13N3O. The summed E-state index contributed by atoms with van der Waals surface area (Å²) in [5.41, 5.74) is 9.52. The SMILES string of the molecule is COc1ccc2c3ccccc3c3ccccc3c2c1N=[N+]=[N-]. The van der Waals surface area contributed by atoms with E-state index in [1.54, 1.807) is 7.11 Å². The average molecular weight is 299 g/mol. The van der Waals surface area contributed by atoms with Crippen LogP contribution in [0.5, 0.6) is 5.75 Å². The van der Waals surface area contributed by atoms with Crippen molar-refractivity contribution in [1.29, 1.82) is 0 Å². The number of benzene rings is 4. The monoisotopic (exact) mass is 299 g/mol. The zero-order valence-electron chi connectivity index (χ0n) is 12.5. The first-order valence-corrected chi connectivity index (χ1v) is 7.30. The zero-order valence-corrected chi connectivity index (χ0v) is 12.5. The molecule has 0 atom stereocenters. The number of rotatable bonds is 2. The van der Waals surface area contributed by atoms with Crippen molar-refractivity contribution in [2.75, 3.05) is 7.11 Å². The fourth-order valence-corrected chi connectivity index (χ4v) is 3.27. The number of fused-ring (bicyclic) bond motifs is 6. The molecule has 23 heavy (non-hydrogen) atoms. The van der Waals surface area contributed by atoms with Gasteiger partial charge in [-0.05, 0) is 38.5 Å². The highest BCUT2D eigenvalue weighted by molar-refractivity contribution is 6.28. The molecule has 110 valence electrons. The van der Waals surface area contributed by atoms with Crippen molar-refractivity contribution in [2.45, 2.75) is 0 Å². The lowest BCUT2D eigenvalue weighted by molar-refractivity contribution is 0.416. The van der Waals surface area contributed by atoms with Crippen LogP contribution < -0.4 is 4.74 Å². The molecule has 0 aliphatic heterocycles. The molecule has 0 amide bonds. The summed E-state index contributed by atoms with van der Waals surface area (Å²) in [4.78, 5) is 3.00. The summed E-state index contributed by atoms with van der Waals surface area (Å²) < 4.78 is 5.40. The fraction of sp³-hybridized carbons (Fsp3) is 0.0526. The van der Waals surface area contributed by atoms with Crippen LogP contribution in [0.25, 0.3) is 42.8 Å². The second-order valence-corrected chi connectivity index (χ2v) is 5.32. The Morgan fingerprint density at radius 2 is 1.30 bits per heavy atom. The van der Waals surface area contributed by atoms with Crippen molar-refractivity contribution in [3.8, 4) is 5.75 Å². The van der Waals surface area contributed by atoms with E-state index in [1.165, 1.54) is 5.39 Å². The number of hydrogen-bond donors (Lipinski definition) is 0. The molecule has 0 saturated heterocycles. The summed E-state index contributed by atoms with van der Waals surface area (Å²) in [5.74, 6) is 0.579. The Morgan fingerprint density at radius 1 is 0.783 bits per heavy atom. The summed E-state index contributed by atoms with van der Waals surface area (Å²) >= 11 is 0. The van der Waals surface area contributed by atoms with Crippen molar-refractivity contribution < 1.29 is 4.74 Å². The predicted octanol–water partition coefficient (Wildman–Crippen LogP) is 6.10. The van der Waals surface area contributed by atoms with Crippen molar-refractivity contribution in [2.24, 2.45) is 5.11 Å². The Hall–Kier alpha value is -3.23. The number of ether oxygens (including phenoxy) is 1. The summed E-state index contributed by atoms with van der Waals surface area (Å²) in [6.45, 7) is 0. The highest BCUT2D eigenvalue weighted by Crippen LogP contribution is 2.43. The Morgan fingerprint density at radius 3 is 1.87 bits per heavy atom. The topological polar surface area (TPSA) is 58.0 Å². The first kappa shape index (κ1) is 13.4. The molecule has 0 saturated carbocycles. The Bertz CT molecular complexity index is 1080. The van der Waals surface area contributed by atoms with Crippen LogP contribution in [-0.2, 0) is 0 Å². The predicted molar refractivity (Wildman–Crippen MR) is 94.3 cm³/mol. The van der Waals surface area contributed by atoms with E-state index in [9.17, 15) is 0 Å². The maximum absolute atomic E-state index is 8.99. The molecule has 4 heteroatoms. The third-order valence-corrected chi connectivity index (χ3v) is 4.21. The van der Waals surface area contributed by atoms with Crippen LogP contribution in [0.15, 0.2) is 65.8 Å². The van der Waals surface area contributed by atoms with Gasteiger partial charge < -0.3 is 4.74 Å². The molecular weight excluding hydrogens is 286 g/mol. The minimum absolute atomic E-state index is 0.537. The molecule has 0 N–H and O–H groups in total. The average Bonchev–Trinajstić information content (AvgIpc) is 2.62. The van der Waals surface area contributed by atoms with Gasteiger partial charge in [0.1, 0.15) is 5.75 Å². The minimum Gasteiger partial charge on any atom is -0.496 e. The lowest BCUT2D eigenvalue weighted by Crippen LogP contribution is -1.87. The van der Waals surface area contributed by atoms with Gasteiger partial charge in [-0.25, -0.2) is 0 Å². The largest absolute Gasteiger partial charge is 0.496 e. The molecule has 4 nitrogen and oxygen atoms in total. The molecule has 4 aromatic carbocycles. The maximum Gasteiger partial charge on any atom is 0.129 e. The van der Waals surface area contributed by atoms with Gasteiger partial charge in [-0.3, -0.25) is 0 Å². The van der Waals surface area contributed by atoms with Gasteiger partial charge >= 0.3 is 0 Å². The molecule has 4 rings (SSSR count). The zero-order chi connectivity index (χ0) is 15.8. The number of nitrogens with zero attached hydrogens (tertiary/aromatic N) is 3. The molecule has 0 spiro atoms. The Labute approximate surface area is 132 Å². The van der Waals surface area contributed by atoms with Gasteiger partial charge in [-0.15, -0.1) is 0 Å². The van der Waals surface area contributed by atoms with E-state index in [0.29, 0.717) is 11.4 Å². The van der Waals surface area contributed by atoms with Crippen molar-refractivity contribution in [3.05, 3.63) is 71.1 Å². The molecule has 0 heterocycles. The third-order valence-electron chi connectivity index (χ3n) is 4.21. The lowest BCUT2D eigenvalue weighted by Gasteiger charge is -2.14. The van der Waals surface area contributed by atoms with E-state index >= 15 is 0 Å². The van der Waals surface area contributed by atoms with E-state index in [2.05, 4.69) is 34.3 Å². The summed E-state index contributed by atoms with van der Waals surface area (Å²) in [7, 11) is 1.58. The smallest absolute Gasteiger partial charge is 0.129 e. The highest BCUT2D eigenvalue weighted by atomic mass is 16.5. The van der Waals surface area contributed by atoms with E-state index < -0.39 is 0 Å². The van der Waals surface area contributed by atoms with Gasteiger partial charge in [-0.1, -0.05) is 59.7 Å². The van der Waals surface area contributed by atoms with Crippen LogP contribution >= 0.6 is 0 Å². The summed E-state index contributed by atoms with van der Waals surface area (Å²) in [6, 6.07) is 20.3. The first-order valence-electron chi connectivity index (χ1n) is 7.30. The molecule has 0 unspecified atom stereocenters. The standard InChI is InChI=1S/C19H13N3O/c1-23-17-11-10-16-14-8-3-2-6-12(14)13-7-4-5-9-15(13)18(16)19(17)21-22-20/h2-11H,1H3. The maximum atomic E-state index is 8.99. The first-order chi connectivity index (χ1) is 11.3. The second kappa shape index (κ2) is 5.20. The van der Waals surface area contributed by atoms with Crippen LogP contribution in [0, 0.1) is 0 Å². The van der Waals surface area contributed by atoms with Gasteiger partial charge in [0.15, 0.2) is 0 Å². The summed E-state index contributed by atoms with van der Waals surface area (Å²) in [5, 5.41) is 10.4. The fourth-order valence-electron chi connectivity index (χ4n) is 3.27. The molecule has 0 bridgehead atoms. The van der Waals surface area contributed by atoms with Crippen LogP contribution in [0.1, 0.15) is 0 Å². The molecule has 0 fully saturated rings. The van der Waals surface area contributed by atoms with Crippen LogP contribution in [0.3, 0.4) is 0 Å². The highest BCUT2D eigenvalue weighted by Gasteiger charge is 2.13. The second-order valence-electron chi connectivity index (χ2n) is 5.32. The van der Waals surface area contributed by atoms with E-state index in [-0.39, 0.29) is 0 Å². The van der Waals surface area contributed by atoms with E-state index in [0.717, 1.165) is 26.9 Å². The molecule has 0 radical (unpaired) electrons.